The molecule has 0 N–H and O–H groups in total. The second-order valence-electron chi connectivity index (χ2n) is 4.86. The molecule has 3 rings (SSSR count). The SMILES string of the molecule is C[C@H](c1cnc(Cl)cc1Cl)n1nc(C(F)(F)F)c2ncc(Cl)nc21. The third-order valence-corrected chi connectivity index (χ3v) is 4.02. The summed E-state index contributed by atoms with van der Waals surface area (Å²) in [5.41, 5.74) is -1.21. The summed E-state index contributed by atoms with van der Waals surface area (Å²) in [5, 5.41) is 3.99. The minimum absolute atomic E-state index is 0.0510. The smallest absolute Gasteiger partial charge is 0.247 e. The van der Waals surface area contributed by atoms with Crippen LogP contribution in [0.2, 0.25) is 15.3 Å². The van der Waals surface area contributed by atoms with E-state index in [9.17, 15) is 13.2 Å². The number of halogens is 6. The third kappa shape index (κ3) is 3.01. The fourth-order valence-corrected chi connectivity index (χ4v) is 2.86. The number of fused-ring (bicyclic) bond motifs is 1. The van der Waals surface area contributed by atoms with Crippen molar-refractivity contribution in [1.29, 1.82) is 0 Å². The number of alkyl halides is 3. The van der Waals surface area contributed by atoms with E-state index in [1.165, 1.54) is 12.3 Å². The Bertz CT molecular complexity index is 925. The lowest BCUT2D eigenvalue weighted by Crippen LogP contribution is -2.12. The predicted octanol–water partition coefficient (Wildman–Crippen LogP) is 4.81. The van der Waals surface area contributed by atoms with Crippen LogP contribution < -0.4 is 0 Å². The van der Waals surface area contributed by atoms with Gasteiger partial charge in [0.05, 0.1) is 17.3 Å². The van der Waals surface area contributed by atoms with Gasteiger partial charge >= 0.3 is 6.18 Å². The quantitative estimate of drug-likeness (QED) is 0.583. The molecule has 3 aromatic heterocycles. The highest BCUT2D eigenvalue weighted by Crippen LogP contribution is 2.35. The fraction of sp³-hybridized carbons (Fsp3) is 0.231. The van der Waals surface area contributed by atoms with Gasteiger partial charge in [0.2, 0.25) is 0 Å². The first kappa shape index (κ1) is 17.2. The van der Waals surface area contributed by atoms with Gasteiger partial charge in [-0.2, -0.15) is 18.3 Å². The standard InChI is InChI=1S/C13H7Cl3F3N5/c1-5(6-3-20-8(15)2-7(6)14)24-12-10(21-4-9(16)22-12)11(23-24)13(17,18)19/h2-5H,1H3/t5-/m1/s1. The Morgan fingerprint density at radius 1 is 1.08 bits per heavy atom. The molecule has 0 saturated heterocycles. The van der Waals surface area contributed by atoms with Crippen LogP contribution in [0.1, 0.15) is 24.2 Å². The molecule has 0 spiro atoms. The summed E-state index contributed by atoms with van der Waals surface area (Å²) in [7, 11) is 0. The molecule has 3 aromatic rings. The van der Waals surface area contributed by atoms with Crippen LogP contribution in [0.3, 0.4) is 0 Å². The van der Waals surface area contributed by atoms with Crippen molar-refractivity contribution >= 4 is 46.0 Å². The van der Waals surface area contributed by atoms with Crippen LogP contribution in [-0.4, -0.2) is 24.7 Å². The third-order valence-electron chi connectivity index (χ3n) is 3.31. The van der Waals surface area contributed by atoms with Crippen LogP contribution >= 0.6 is 34.8 Å². The van der Waals surface area contributed by atoms with Crippen LogP contribution in [-0.2, 0) is 6.18 Å². The zero-order chi connectivity index (χ0) is 17.6. The summed E-state index contributed by atoms with van der Waals surface area (Å²) in [4.78, 5) is 11.5. The number of hydrogen-bond donors (Lipinski definition) is 0. The molecule has 11 heteroatoms. The molecule has 0 aliphatic heterocycles. The highest BCUT2D eigenvalue weighted by Gasteiger charge is 2.39. The van der Waals surface area contributed by atoms with E-state index in [2.05, 4.69) is 20.1 Å². The van der Waals surface area contributed by atoms with Crippen LogP contribution in [0, 0.1) is 0 Å². The average Bonchev–Trinajstić information content (AvgIpc) is 2.85. The zero-order valence-corrected chi connectivity index (χ0v) is 14.1. The Balaban J connectivity index is 2.23. The molecule has 0 amide bonds. The van der Waals surface area contributed by atoms with E-state index >= 15 is 0 Å². The molecule has 0 bridgehead atoms. The van der Waals surface area contributed by atoms with Crippen molar-refractivity contribution < 1.29 is 13.2 Å². The Hall–Kier alpha value is -1.64. The summed E-state index contributed by atoms with van der Waals surface area (Å²) >= 11 is 17.6. The van der Waals surface area contributed by atoms with Crippen molar-refractivity contribution in [1.82, 2.24) is 24.7 Å². The van der Waals surface area contributed by atoms with Crippen LogP contribution in [0.4, 0.5) is 13.2 Å². The van der Waals surface area contributed by atoms with E-state index in [-0.39, 0.29) is 21.0 Å². The predicted molar refractivity (Wildman–Crippen MR) is 83.4 cm³/mol. The molecular formula is C13H7Cl3F3N5. The highest BCUT2D eigenvalue weighted by atomic mass is 35.5. The maximum absolute atomic E-state index is 13.2. The lowest BCUT2D eigenvalue weighted by Gasteiger charge is -2.14. The van der Waals surface area contributed by atoms with E-state index in [0.717, 1.165) is 10.9 Å². The van der Waals surface area contributed by atoms with Gasteiger partial charge in [0, 0.05) is 11.8 Å². The summed E-state index contributed by atoms with van der Waals surface area (Å²) in [6.45, 7) is 1.60. The summed E-state index contributed by atoms with van der Waals surface area (Å²) in [5.74, 6) is 0. The van der Waals surface area contributed by atoms with E-state index < -0.39 is 23.4 Å². The van der Waals surface area contributed by atoms with Gasteiger partial charge in [0.1, 0.15) is 15.8 Å². The molecule has 0 radical (unpaired) electrons. The van der Waals surface area contributed by atoms with E-state index in [1.807, 2.05) is 0 Å². The number of nitrogens with zero attached hydrogens (tertiary/aromatic N) is 5. The van der Waals surface area contributed by atoms with Crippen LogP contribution in [0.25, 0.3) is 11.2 Å². The van der Waals surface area contributed by atoms with Gasteiger partial charge < -0.3 is 0 Å². The Labute approximate surface area is 148 Å². The molecule has 0 unspecified atom stereocenters. The number of aromatic nitrogens is 5. The maximum atomic E-state index is 13.2. The lowest BCUT2D eigenvalue weighted by molar-refractivity contribution is -0.140. The highest BCUT2D eigenvalue weighted by molar-refractivity contribution is 6.34. The van der Waals surface area contributed by atoms with Crippen LogP contribution in [0.5, 0.6) is 0 Å². The second-order valence-corrected chi connectivity index (χ2v) is 6.04. The zero-order valence-electron chi connectivity index (χ0n) is 11.8. The molecule has 0 saturated carbocycles. The summed E-state index contributed by atoms with van der Waals surface area (Å²) in [6, 6.07) is 0.692. The van der Waals surface area contributed by atoms with E-state index in [4.69, 9.17) is 34.8 Å². The van der Waals surface area contributed by atoms with Crippen LogP contribution in [0.15, 0.2) is 18.5 Å². The molecule has 126 valence electrons. The van der Waals surface area contributed by atoms with Crippen molar-refractivity contribution in [3.8, 4) is 0 Å². The maximum Gasteiger partial charge on any atom is 0.437 e. The molecule has 1 atom stereocenters. The van der Waals surface area contributed by atoms with Crippen molar-refractivity contribution in [3.05, 3.63) is 45.0 Å². The van der Waals surface area contributed by atoms with Gasteiger partial charge in [-0.15, -0.1) is 0 Å². The molecule has 0 aromatic carbocycles. The topological polar surface area (TPSA) is 56.5 Å². The largest absolute Gasteiger partial charge is 0.437 e. The van der Waals surface area contributed by atoms with Gasteiger partial charge in [-0.3, -0.25) is 0 Å². The van der Waals surface area contributed by atoms with E-state index in [1.54, 1.807) is 6.92 Å². The van der Waals surface area contributed by atoms with Gasteiger partial charge in [-0.1, -0.05) is 34.8 Å². The Morgan fingerprint density at radius 2 is 1.79 bits per heavy atom. The van der Waals surface area contributed by atoms with Gasteiger partial charge in [0.25, 0.3) is 0 Å². The van der Waals surface area contributed by atoms with Gasteiger partial charge in [-0.25, -0.2) is 19.6 Å². The molecule has 5 nitrogen and oxygen atoms in total. The minimum Gasteiger partial charge on any atom is -0.247 e. The van der Waals surface area contributed by atoms with Crippen molar-refractivity contribution in [2.75, 3.05) is 0 Å². The number of pyridine rings is 1. The van der Waals surface area contributed by atoms with Crippen molar-refractivity contribution in [2.45, 2.75) is 19.1 Å². The van der Waals surface area contributed by atoms with Crippen molar-refractivity contribution in [2.24, 2.45) is 0 Å². The molecule has 3 heterocycles. The van der Waals surface area contributed by atoms with E-state index in [0.29, 0.717) is 5.56 Å². The molecule has 0 aliphatic carbocycles. The first-order valence-electron chi connectivity index (χ1n) is 6.47. The summed E-state index contributed by atoms with van der Waals surface area (Å²) < 4.78 is 40.7. The molecule has 0 aliphatic rings. The molecule has 0 fully saturated rings. The summed E-state index contributed by atoms with van der Waals surface area (Å²) in [6.07, 6.45) is -2.28. The second kappa shape index (κ2) is 6.02. The number of hydrogen-bond acceptors (Lipinski definition) is 4. The van der Waals surface area contributed by atoms with Gasteiger partial charge in [0.15, 0.2) is 11.3 Å². The molecular weight excluding hydrogens is 390 g/mol. The van der Waals surface area contributed by atoms with Gasteiger partial charge in [-0.05, 0) is 13.0 Å². The number of rotatable bonds is 2. The Morgan fingerprint density at radius 3 is 2.42 bits per heavy atom. The normalized spacial score (nSPS) is 13.5. The monoisotopic (exact) mass is 395 g/mol. The first-order valence-corrected chi connectivity index (χ1v) is 7.60. The minimum atomic E-state index is -4.69. The lowest BCUT2D eigenvalue weighted by atomic mass is 10.1. The average molecular weight is 397 g/mol. The van der Waals surface area contributed by atoms with Crippen molar-refractivity contribution in [3.63, 3.8) is 0 Å². The Kier molecular flexibility index (Phi) is 4.31. The molecule has 24 heavy (non-hydrogen) atoms. The first-order chi connectivity index (χ1) is 11.2. The fourth-order valence-electron chi connectivity index (χ4n) is 2.21.